The number of amidine groups is 1. The molecule has 178 valence electrons. The molecular weight excluding hydrogens is 500 g/mol. The molecule has 0 bridgehead atoms. The van der Waals surface area contributed by atoms with Gasteiger partial charge < -0.3 is 14.2 Å². The van der Waals surface area contributed by atoms with Crippen molar-refractivity contribution in [2.45, 2.75) is 25.2 Å². The Balaban J connectivity index is 2.01. The van der Waals surface area contributed by atoms with Gasteiger partial charge in [-0.1, -0.05) is 17.7 Å². The van der Waals surface area contributed by atoms with Crippen LogP contribution in [0, 0.1) is 0 Å². The van der Waals surface area contributed by atoms with Gasteiger partial charge in [0.2, 0.25) is 5.91 Å². The number of halogens is 1. The summed E-state index contributed by atoms with van der Waals surface area (Å²) in [5.41, 5.74) is 1.05. The van der Waals surface area contributed by atoms with Crippen molar-refractivity contribution in [3.05, 3.63) is 70.1 Å². The third-order valence-electron chi connectivity index (χ3n) is 4.31. The van der Waals surface area contributed by atoms with Gasteiger partial charge in [-0.2, -0.15) is 13.4 Å². The van der Waals surface area contributed by atoms with Crippen LogP contribution in [0.1, 0.15) is 25.0 Å². The molecule has 2 aromatic carbocycles. The SMILES string of the molecule is C=CCc1cc(/C=C2/SC(NC(C)=O)=NC2=O)cc(OCC)c1OS(=O)(=O)c1ccc(Cl)cc1. The zero-order valence-corrected chi connectivity index (χ0v) is 20.7. The topological polar surface area (TPSA) is 111 Å². The third kappa shape index (κ3) is 6.28. The van der Waals surface area contributed by atoms with Crippen LogP contribution in [0.2, 0.25) is 5.02 Å². The van der Waals surface area contributed by atoms with E-state index < -0.39 is 16.0 Å². The molecule has 1 aliphatic heterocycles. The summed E-state index contributed by atoms with van der Waals surface area (Å²) in [5.74, 6) is -0.623. The van der Waals surface area contributed by atoms with Crippen molar-refractivity contribution < 1.29 is 26.9 Å². The Morgan fingerprint density at radius 3 is 2.59 bits per heavy atom. The first-order valence-corrected chi connectivity index (χ1v) is 12.6. The van der Waals surface area contributed by atoms with Crippen LogP contribution in [0.15, 0.2) is 63.8 Å². The third-order valence-corrected chi connectivity index (χ3v) is 6.70. The van der Waals surface area contributed by atoms with Crippen molar-refractivity contribution >= 4 is 56.5 Å². The standard InChI is InChI=1S/C23H21ClN2O6S2/c1-4-6-16-11-15(13-20-22(28)26-23(33-20)25-14(3)27)12-19(31-5-2)21(16)32-34(29,30)18-9-7-17(24)8-10-18/h4,7-13H,1,5-6H2,2-3H3,(H,25,26,27,28)/b20-13+. The number of amides is 2. The number of thioether (sulfide) groups is 1. The van der Waals surface area contributed by atoms with E-state index in [0.717, 1.165) is 11.8 Å². The second kappa shape index (κ2) is 10.9. The minimum atomic E-state index is -4.18. The van der Waals surface area contributed by atoms with Gasteiger partial charge in [0.1, 0.15) is 4.90 Å². The lowest BCUT2D eigenvalue weighted by molar-refractivity contribution is -0.117. The maximum absolute atomic E-state index is 12.9. The molecule has 0 spiro atoms. The monoisotopic (exact) mass is 520 g/mol. The second-order valence-corrected chi connectivity index (χ2v) is 9.95. The molecule has 0 unspecified atom stereocenters. The van der Waals surface area contributed by atoms with Crippen LogP contribution in [0.25, 0.3) is 6.08 Å². The molecule has 2 amide bonds. The van der Waals surface area contributed by atoms with E-state index in [2.05, 4.69) is 16.9 Å². The van der Waals surface area contributed by atoms with E-state index in [9.17, 15) is 18.0 Å². The van der Waals surface area contributed by atoms with Crippen LogP contribution in [0.4, 0.5) is 0 Å². The molecule has 0 aromatic heterocycles. The van der Waals surface area contributed by atoms with Gasteiger partial charge in [0.25, 0.3) is 5.91 Å². The highest BCUT2D eigenvalue weighted by molar-refractivity contribution is 8.18. The number of aliphatic imine (C=N–C) groups is 1. The van der Waals surface area contributed by atoms with E-state index in [4.69, 9.17) is 20.5 Å². The normalized spacial score (nSPS) is 14.6. The number of carbonyl (C=O) groups excluding carboxylic acids is 2. The minimum Gasteiger partial charge on any atom is -0.490 e. The van der Waals surface area contributed by atoms with Gasteiger partial charge in [0.05, 0.1) is 11.5 Å². The fraction of sp³-hybridized carbons (Fsp3) is 0.174. The second-order valence-electron chi connectivity index (χ2n) is 6.94. The van der Waals surface area contributed by atoms with Crippen molar-refractivity contribution in [1.29, 1.82) is 0 Å². The molecule has 34 heavy (non-hydrogen) atoms. The molecule has 0 atom stereocenters. The van der Waals surface area contributed by atoms with Crippen LogP contribution in [-0.4, -0.2) is 32.0 Å². The summed E-state index contributed by atoms with van der Waals surface area (Å²) in [6.07, 6.45) is 3.45. The maximum atomic E-state index is 12.9. The van der Waals surface area contributed by atoms with Crippen LogP contribution >= 0.6 is 23.4 Å². The molecule has 8 nitrogen and oxygen atoms in total. The summed E-state index contributed by atoms with van der Waals surface area (Å²) < 4.78 is 37.0. The smallest absolute Gasteiger partial charge is 0.339 e. The molecular formula is C23H21ClN2O6S2. The number of nitrogens with one attached hydrogen (secondary N) is 1. The number of hydrogen-bond acceptors (Lipinski definition) is 7. The maximum Gasteiger partial charge on any atom is 0.339 e. The zero-order chi connectivity index (χ0) is 24.9. The Labute approximate surface area is 206 Å². The summed E-state index contributed by atoms with van der Waals surface area (Å²) in [5, 5.41) is 3.07. The Bertz CT molecular complexity index is 1300. The van der Waals surface area contributed by atoms with E-state index in [1.54, 1.807) is 31.2 Å². The van der Waals surface area contributed by atoms with Gasteiger partial charge in [0, 0.05) is 17.5 Å². The highest BCUT2D eigenvalue weighted by Crippen LogP contribution is 2.38. The number of allylic oxidation sites excluding steroid dienone is 1. The van der Waals surface area contributed by atoms with Gasteiger partial charge in [-0.05, 0) is 73.1 Å². The lowest BCUT2D eigenvalue weighted by atomic mass is 10.1. The number of ether oxygens (including phenoxy) is 1. The van der Waals surface area contributed by atoms with Crippen LogP contribution < -0.4 is 14.2 Å². The van der Waals surface area contributed by atoms with Crippen molar-refractivity contribution in [2.24, 2.45) is 4.99 Å². The molecule has 0 saturated heterocycles. The summed E-state index contributed by atoms with van der Waals surface area (Å²) in [7, 11) is -4.18. The summed E-state index contributed by atoms with van der Waals surface area (Å²) in [6, 6.07) is 8.84. The van der Waals surface area contributed by atoms with E-state index in [1.165, 1.54) is 31.2 Å². The van der Waals surface area contributed by atoms with Gasteiger partial charge >= 0.3 is 10.1 Å². The molecule has 3 rings (SSSR count). The molecule has 0 saturated carbocycles. The van der Waals surface area contributed by atoms with Gasteiger partial charge in [-0.15, -0.1) is 6.58 Å². The van der Waals surface area contributed by atoms with E-state index >= 15 is 0 Å². The van der Waals surface area contributed by atoms with Crippen LogP contribution in [-0.2, 0) is 26.1 Å². The van der Waals surface area contributed by atoms with Gasteiger partial charge in [0.15, 0.2) is 16.7 Å². The van der Waals surface area contributed by atoms with Crippen molar-refractivity contribution in [2.75, 3.05) is 6.61 Å². The predicted molar refractivity (Wildman–Crippen MR) is 133 cm³/mol. The summed E-state index contributed by atoms with van der Waals surface area (Å²) in [4.78, 5) is 27.5. The van der Waals surface area contributed by atoms with Crippen molar-refractivity contribution in [1.82, 2.24) is 5.32 Å². The van der Waals surface area contributed by atoms with E-state index in [1.807, 2.05) is 0 Å². The van der Waals surface area contributed by atoms with E-state index in [0.29, 0.717) is 21.1 Å². The van der Waals surface area contributed by atoms with Crippen LogP contribution in [0.3, 0.4) is 0 Å². The first-order chi connectivity index (χ1) is 16.1. The lowest BCUT2D eigenvalue weighted by Crippen LogP contribution is -2.23. The zero-order valence-electron chi connectivity index (χ0n) is 18.3. The molecule has 2 aromatic rings. The quantitative estimate of drug-likeness (QED) is 0.313. The first kappa shape index (κ1) is 25.5. The summed E-state index contributed by atoms with van der Waals surface area (Å²) >= 11 is 6.88. The predicted octanol–water partition coefficient (Wildman–Crippen LogP) is 4.34. The number of nitrogens with zero attached hydrogens (tertiary/aromatic N) is 1. The van der Waals surface area contributed by atoms with E-state index in [-0.39, 0.29) is 40.5 Å². The van der Waals surface area contributed by atoms with Gasteiger partial charge in [-0.3, -0.25) is 9.59 Å². The average Bonchev–Trinajstić information content (AvgIpc) is 3.09. The first-order valence-electron chi connectivity index (χ1n) is 10.0. The lowest BCUT2D eigenvalue weighted by Gasteiger charge is -2.16. The molecule has 1 heterocycles. The molecule has 11 heteroatoms. The Kier molecular flexibility index (Phi) is 8.19. The fourth-order valence-electron chi connectivity index (χ4n) is 2.95. The molecule has 0 aliphatic carbocycles. The minimum absolute atomic E-state index is 0.0273. The van der Waals surface area contributed by atoms with Crippen molar-refractivity contribution in [3.63, 3.8) is 0 Å². The number of rotatable bonds is 8. The number of benzene rings is 2. The summed E-state index contributed by atoms with van der Waals surface area (Å²) in [6.45, 7) is 7.04. The van der Waals surface area contributed by atoms with Crippen LogP contribution in [0.5, 0.6) is 11.5 Å². The molecule has 1 N–H and O–H groups in total. The van der Waals surface area contributed by atoms with Crippen molar-refractivity contribution in [3.8, 4) is 11.5 Å². The highest BCUT2D eigenvalue weighted by atomic mass is 35.5. The Hall–Kier alpha value is -3.08. The van der Waals surface area contributed by atoms with Gasteiger partial charge in [-0.25, -0.2) is 0 Å². The Morgan fingerprint density at radius 2 is 1.97 bits per heavy atom. The molecule has 0 fully saturated rings. The highest BCUT2D eigenvalue weighted by Gasteiger charge is 2.25. The molecule has 0 radical (unpaired) electrons. The fourth-order valence-corrected chi connectivity index (χ4v) is 4.91. The molecule has 1 aliphatic rings. The number of hydrogen-bond donors (Lipinski definition) is 1. The largest absolute Gasteiger partial charge is 0.490 e. The number of carbonyl (C=O) groups is 2. The Morgan fingerprint density at radius 1 is 1.26 bits per heavy atom. The average molecular weight is 521 g/mol.